The molecule has 0 bridgehead atoms. The summed E-state index contributed by atoms with van der Waals surface area (Å²) in [5.41, 5.74) is 1.11. The Morgan fingerprint density at radius 3 is 2.13 bits per heavy atom. The summed E-state index contributed by atoms with van der Waals surface area (Å²) in [7, 11) is 0. The van der Waals surface area contributed by atoms with Gasteiger partial charge in [-0.1, -0.05) is 17.7 Å². The second-order valence-corrected chi connectivity index (χ2v) is 4.43. The predicted molar refractivity (Wildman–Crippen MR) is 57.4 cm³/mol. The van der Waals surface area contributed by atoms with Gasteiger partial charge in [0, 0.05) is 0 Å². The van der Waals surface area contributed by atoms with Crippen molar-refractivity contribution < 1.29 is 14.6 Å². The van der Waals surface area contributed by atoms with Gasteiger partial charge in [0.2, 0.25) is 0 Å². The van der Waals surface area contributed by atoms with E-state index in [4.69, 9.17) is 9.78 Å². The average Bonchev–Trinajstić information content (AvgIpc) is 2.14. The van der Waals surface area contributed by atoms with Crippen LogP contribution in [-0.2, 0) is 9.78 Å². The van der Waals surface area contributed by atoms with Gasteiger partial charge in [-0.3, -0.25) is 4.89 Å². The minimum absolute atomic E-state index is 0.468. The van der Waals surface area contributed by atoms with E-state index in [1.165, 1.54) is 0 Å². The Balaban J connectivity index is 2.58. The Labute approximate surface area is 89.9 Å². The van der Waals surface area contributed by atoms with Crippen LogP contribution in [0.15, 0.2) is 24.3 Å². The molecule has 0 saturated heterocycles. The average molecular weight is 208 g/mol. The first kappa shape index (κ1) is 11.7. The minimum Gasteiger partial charge on any atom is -0.292 e. The highest BCUT2D eigenvalue weighted by atomic mass is 17.2. The van der Waals surface area contributed by atoms with E-state index in [0.717, 1.165) is 5.56 Å². The molecule has 0 atom stereocenters. The Hall–Kier alpha value is -1.35. The zero-order valence-corrected chi connectivity index (χ0v) is 9.53. The molecule has 0 saturated carbocycles. The summed E-state index contributed by atoms with van der Waals surface area (Å²) in [5, 5.41) is 0. The molecule has 0 N–H and O–H groups in total. The van der Waals surface area contributed by atoms with Crippen LogP contribution in [0, 0.1) is 6.92 Å². The van der Waals surface area contributed by atoms with E-state index in [2.05, 4.69) is 0 Å². The quantitative estimate of drug-likeness (QED) is 0.553. The largest absolute Gasteiger partial charge is 0.373 e. The third kappa shape index (κ3) is 4.13. The Morgan fingerprint density at radius 2 is 1.67 bits per heavy atom. The second-order valence-electron chi connectivity index (χ2n) is 4.43. The molecule has 0 radical (unpaired) electrons. The van der Waals surface area contributed by atoms with Gasteiger partial charge in [0.15, 0.2) is 0 Å². The van der Waals surface area contributed by atoms with Crippen LogP contribution in [0.25, 0.3) is 0 Å². The molecule has 0 heterocycles. The molecule has 0 unspecified atom stereocenters. The van der Waals surface area contributed by atoms with Gasteiger partial charge in [-0.15, -0.1) is 0 Å². The lowest BCUT2D eigenvalue weighted by atomic mass is 10.2. The monoisotopic (exact) mass is 208 g/mol. The van der Waals surface area contributed by atoms with Crippen molar-refractivity contribution in [3.63, 3.8) is 0 Å². The van der Waals surface area contributed by atoms with E-state index in [1.807, 2.05) is 39.8 Å². The Morgan fingerprint density at radius 1 is 1.13 bits per heavy atom. The topological polar surface area (TPSA) is 35.5 Å². The first-order valence-corrected chi connectivity index (χ1v) is 4.85. The molecule has 15 heavy (non-hydrogen) atoms. The number of rotatable bonds is 2. The maximum Gasteiger partial charge on any atom is 0.373 e. The van der Waals surface area contributed by atoms with E-state index < -0.39 is 11.6 Å². The van der Waals surface area contributed by atoms with Crippen LogP contribution in [0.4, 0.5) is 0 Å². The van der Waals surface area contributed by atoms with Gasteiger partial charge in [-0.05, 0) is 39.8 Å². The second kappa shape index (κ2) is 4.45. The van der Waals surface area contributed by atoms with Crippen molar-refractivity contribution in [2.45, 2.75) is 33.3 Å². The summed E-state index contributed by atoms with van der Waals surface area (Å²) in [6.07, 6.45) is 0. The number of aryl methyl sites for hydroxylation is 1. The first-order valence-electron chi connectivity index (χ1n) is 4.85. The molecule has 0 aromatic heterocycles. The molecule has 0 amide bonds. The van der Waals surface area contributed by atoms with Crippen molar-refractivity contribution in [1.82, 2.24) is 0 Å². The van der Waals surface area contributed by atoms with Crippen LogP contribution in [0.2, 0.25) is 0 Å². The highest BCUT2D eigenvalue weighted by Crippen LogP contribution is 2.10. The van der Waals surface area contributed by atoms with Gasteiger partial charge in [0.25, 0.3) is 0 Å². The molecule has 1 aromatic carbocycles. The Kier molecular flexibility index (Phi) is 3.48. The highest BCUT2D eigenvalue weighted by molar-refractivity contribution is 5.88. The molecule has 1 aromatic rings. The van der Waals surface area contributed by atoms with Crippen LogP contribution in [0.3, 0.4) is 0 Å². The van der Waals surface area contributed by atoms with Crippen molar-refractivity contribution in [2.24, 2.45) is 0 Å². The molecule has 0 aliphatic rings. The summed E-state index contributed by atoms with van der Waals surface area (Å²) < 4.78 is 0. The lowest BCUT2D eigenvalue weighted by Crippen LogP contribution is -2.21. The molecule has 0 spiro atoms. The van der Waals surface area contributed by atoms with Gasteiger partial charge < -0.3 is 0 Å². The molecular weight excluding hydrogens is 192 g/mol. The minimum atomic E-state index is -0.486. The summed E-state index contributed by atoms with van der Waals surface area (Å²) in [6.45, 7) is 7.40. The first-order chi connectivity index (χ1) is 6.88. The molecule has 82 valence electrons. The van der Waals surface area contributed by atoms with E-state index in [1.54, 1.807) is 12.1 Å². The lowest BCUT2D eigenvalue weighted by Gasteiger charge is -2.16. The zero-order chi connectivity index (χ0) is 11.5. The highest BCUT2D eigenvalue weighted by Gasteiger charge is 2.16. The Bertz CT molecular complexity index is 333. The van der Waals surface area contributed by atoms with Crippen LogP contribution in [0.1, 0.15) is 36.7 Å². The summed E-state index contributed by atoms with van der Waals surface area (Å²) in [5.74, 6) is -0.468. The number of benzene rings is 1. The van der Waals surface area contributed by atoms with Gasteiger partial charge in [-0.25, -0.2) is 4.79 Å². The molecule has 0 fully saturated rings. The van der Waals surface area contributed by atoms with Crippen molar-refractivity contribution >= 4 is 5.97 Å². The molecule has 0 aliphatic heterocycles. The predicted octanol–water partition coefficient (Wildman–Crippen LogP) is 2.88. The third-order valence-corrected chi connectivity index (χ3v) is 1.65. The fraction of sp³-hybridized carbons (Fsp3) is 0.417. The van der Waals surface area contributed by atoms with Gasteiger partial charge in [0.05, 0.1) is 5.56 Å². The van der Waals surface area contributed by atoms with Gasteiger partial charge >= 0.3 is 5.97 Å². The fourth-order valence-electron chi connectivity index (χ4n) is 0.901. The van der Waals surface area contributed by atoms with E-state index in [-0.39, 0.29) is 0 Å². The SMILES string of the molecule is Cc1ccc(C(=O)OOC(C)(C)C)cc1. The molecular formula is C12H16O3. The number of hydrogen-bond acceptors (Lipinski definition) is 3. The summed E-state index contributed by atoms with van der Waals surface area (Å²) in [6, 6.07) is 7.13. The normalized spacial score (nSPS) is 11.2. The smallest absolute Gasteiger partial charge is 0.292 e. The van der Waals surface area contributed by atoms with Gasteiger partial charge in [-0.2, -0.15) is 4.89 Å². The number of carbonyl (C=O) groups is 1. The molecule has 1 rings (SSSR count). The van der Waals surface area contributed by atoms with Crippen LogP contribution in [0.5, 0.6) is 0 Å². The van der Waals surface area contributed by atoms with Crippen LogP contribution in [-0.4, -0.2) is 11.6 Å². The standard InChI is InChI=1S/C12H16O3/c1-9-5-7-10(8-6-9)11(13)14-15-12(2,3)4/h5-8H,1-4H3. The lowest BCUT2D eigenvalue weighted by molar-refractivity contribution is -0.301. The van der Waals surface area contributed by atoms with E-state index in [9.17, 15) is 4.79 Å². The maximum absolute atomic E-state index is 11.5. The summed E-state index contributed by atoms with van der Waals surface area (Å²) in [4.78, 5) is 21.1. The molecule has 3 heteroatoms. The third-order valence-electron chi connectivity index (χ3n) is 1.65. The maximum atomic E-state index is 11.5. The molecule has 0 aliphatic carbocycles. The zero-order valence-electron chi connectivity index (χ0n) is 9.53. The van der Waals surface area contributed by atoms with Crippen molar-refractivity contribution in [3.05, 3.63) is 35.4 Å². The van der Waals surface area contributed by atoms with Crippen molar-refractivity contribution in [2.75, 3.05) is 0 Å². The molecule has 3 nitrogen and oxygen atoms in total. The number of hydrogen-bond donors (Lipinski definition) is 0. The van der Waals surface area contributed by atoms with Crippen molar-refractivity contribution in [1.29, 1.82) is 0 Å². The van der Waals surface area contributed by atoms with E-state index >= 15 is 0 Å². The summed E-state index contributed by atoms with van der Waals surface area (Å²) >= 11 is 0. The van der Waals surface area contributed by atoms with E-state index in [0.29, 0.717) is 5.56 Å². The van der Waals surface area contributed by atoms with Crippen LogP contribution < -0.4 is 0 Å². The van der Waals surface area contributed by atoms with Crippen molar-refractivity contribution in [3.8, 4) is 0 Å². The van der Waals surface area contributed by atoms with Gasteiger partial charge in [0.1, 0.15) is 5.60 Å². The fourth-order valence-corrected chi connectivity index (χ4v) is 0.901. The van der Waals surface area contributed by atoms with Crippen LogP contribution >= 0.6 is 0 Å². The number of carbonyl (C=O) groups excluding carboxylic acids is 1.